The van der Waals surface area contributed by atoms with Crippen LogP contribution in [0.3, 0.4) is 0 Å². The van der Waals surface area contributed by atoms with Gasteiger partial charge in [0.2, 0.25) is 0 Å². The molecule has 0 fully saturated rings. The Kier molecular flexibility index (Phi) is 4.72. The van der Waals surface area contributed by atoms with E-state index in [4.69, 9.17) is 38.0 Å². The van der Waals surface area contributed by atoms with Gasteiger partial charge in [0.1, 0.15) is 17.4 Å². The van der Waals surface area contributed by atoms with E-state index in [1.165, 1.54) is 0 Å². The summed E-state index contributed by atoms with van der Waals surface area (Å²) in [5, 5.41) is 19.0. The van der Waals surface area contributed by atoms with E-state index in [1.54, 1.807) is 36.4 Å². The largest absolute Gasteiger partial charge is 0.488 e. The summed E-state index contributed by atoms with van der Waals surface area (Å²) in [6, 6.07) is 12.0. The molecule has 0 bridgehead atoms. The maximum Gasteiger partial charge on any atom is 0.488 e. The SMILES string of the molecule is OB(O)c1cccc(COc2cccc(Cl)c2Cl)c1. The van der Waals surface area contributed by atoms with Crippen molar-refractivity contribution in [3.8, 4) is 5.75 Å². The minimum atomic E-state index is -1.49. The second-order valence-electron chi connectivity index (χ2n) is 3.96. The van der Waals surface area contributed by atoms with E-state index in [0.717, 1.165) is 5.56 Å². The van der Waals surface area contributed by atoms with Gasteiger partial charge in [0.25, 0.3) is 0 Å². The van der Waals surface area contributed by atoms with Crippen LogP contribution in [0.5, 0.6) is 5.75 Å². The van der Waals surface area contributed by atoms with Crippen LogP contribution in [-0.2, 0) is 6.61 Å². The molecule has 0 saturated carbocycles. The molecule has 0 saturated heterocycles. The zero-order valence-corrected chi connectivity index (χ0v) is 11.4. The van der Waals surface area contributed by atoms with Crippen molar-refractivity contribution in [2.75, 3.05) is 0 Å². The van der Waals surface area contributed by atoms with Crippen molar-refractivity contribution >= 4 is 35.8 Å². The second-order valence-corrected chi connectivity index (χ2v) is 4.74. The third-order valence-electron chi connectivity index (χ3n) is 2.56. The normalized spacial score (nSPS) is 10.3. The molecule has 3 nitrogen and oxygen atoms in total. The molecule has 0 amide bonds. The molecule has 0 radical (unpaired) electrons. The van der Waals surface area contributed by atoms with Crippen molar-refractivity contribution in [2.24, 2.45) is 0 Å². The minimum absolute atomic E-state index is 0.265. The molecule has 0 unspecified atom stereocenters. The highest BCUT2D eigenvalue weighted by atomic mass is 35.5. The standard InChI is InChI=1S/C13H11BCl2O3/c15-11-5-2-6-12(13(11)16)19-8-9-3-1-4-10(7-9)14(17)18/h1-7,17-18H,8H2. The molecular formula is C13H11BCl2O3. The van der Waals surface area contributed by atoms with Crippen LogP contribution in [0.15, 0.2) is 42.5 Å². The highest BCUT2D eigenvalue weighted by Gasteiger charge is 2.11. The molecule has 98 valence electrons. The quantitative estimate of drug-likeness (QED) is 0.851. The Bertz CT molecular complexity index is 576. The third-order valence-corrected chi connectivity index (χ3v) is 3.36. The van der Waals surface area contributed by atoms with Crippen LogP contribution in [0.4, 0.5) is 0 Å². The molecule has 2 aromatic carbocycles. The monoisotopic (exact) mass is 296 g/mol. The van der Waals surface area contributed by atoms with E-state index in [-0.39, 0.29) is 6.61 Å². The van der Waals surface area contributed by atoms with E-state index in [2.05, 4.69) is 0 Å². The van der Waals surface area contributed by atoms with Gasteiger partial charge >= 0.3 is 7.12 Å². The molecular weight excluding hydrogens is 286 g/mol. The first-order chi connectivity index (χ1) is 9.08. The lowest BCUT2D eigenvalue weighted by Gasteiger charge is -2.09. The highest BCUT2D eigenvalue weighted by Crippen LogP contribution is 2.31. The molecule has 2 N–H and O–H groups in total. The third kappa shape index (κ3) is 3.64. The molecule has 0 atom stereocenters. The summed E-state index contributed by atoms with van der Waals surface area (Å²) in [4.78, 5) is 0. The lowest BCUT2D eigenvalue weighted by atomic mass is 9.80. The van der Waals surface area contributed by atoms with Gasteiger partial charge in [0.15, 0.2) is 0 Å². The fourth-order valence-corrected chi connectivity index (χ4v) is 1.95. The number of hydrogen-bond acceptors (Lipinski definition) is 3. The fourth-order valence-electron chi connectivity index (χ4n) is 1.60. The van der Waals surface area contributed by atoms with Crippen LogP contribution in [0.25, 0.3) is 0 Å². The molecule has 0 heterocycles. The van der Waals surface area contributed by atoms with Crippen LogP contribution >= 0.6 is 23.2 Å². The summed E-state index contributed by atoms with van der Waals surface area (Å²) in [7, 11) is -1.49. The number of rotatable bonds is 4. The predicted molar refractivity (Wildman–Crippen MR) is 77.1 cm³/mol. The lowest BCUT2D eigenvalue weighted by molar-refractivity contribution is 0.306. The first kappa shape index (κ1) is 14.2. The Morgan fingerprint density at radius 1 is 1.05 bits per heavy atom. The van der Waals surface area contributed by atoms with Crippen LogP contribution in [0.1, 0.15) is 5.56 Å². The Morgan fingerprint density at radius 3 is 2.53 bits per heavy atom. The van der Waals surface area contributed by atoms with Crippen LogP contribution in [0, 0.1) is 0 Å². The van der Waals surface area contributed by atoms with Crippen LogP contribution in [0.2, 0.25) is 10.0 Å². The Balaban J connectivity index is 2.10. The Labute approximate surface area is 121 Å². The summed E-state index contributed by atoms with van der Waals surface area (Å²) >= 11 is 11.9. The maximum atomic E-state index is 9.09. The molecule has 0 aliphatic carbocycles. The van der Waals surface area contributed by atoms with E-state index in [9.17, 15) is 0 Å². The molecule has 0 aliphatic rings. The first-order valence-corrected chi connectivity index (χ1v) is 6.35. The summed E-state index contributed by atoms with van der Waals surface area (Å²) in [5.74, 6) is 0.490. The van der Waals surface area contributed by atoms with Gasteiger partial charge in [-0.25, -0.2) is 0 Å². The maximum absolute atomic E-state index is 9.09. The molecule has 6 heteroatoms. The van der Waals surface area contributed by atoms with Gasteiger partial charge in [-0.3, -0.25) is 0 Å². The van der Waals surface area contributed by atoms with Crippen LogP contribution in [-0.4, -0.2) is 17.2 Å². The van der Waals surface area contributed by atoms with Crippen molar-refractivity contribution in [3.63, 3.8) is 0 Å². The summed E-state index contributed by atoms with van der Waals surface area (Å²) in [5.41, 5.74) is 1.22. The topological polar surface area (TPSA) is 49.7 Å². The lowest BCUT2D eigenvalue weighted by Crippen LogP contribution is -2.29. The zero-order valence-electron chi connectivity index (χ0n) is 9.88. The summed E-state index contributed by atoms with van der Waals surface area (Å²) in [6.45, 7) is 0.265. The van der Waals surface area contributed by atoms with Gasteiger partial charge in [-0.2, -0.15) is 0 Å². The molecule has 2 rings (SSSR count). The Hall–Kier alpha value is -1.20. The van der Waals surface area contributed by atoms with E-state index in [0.29, 0.717) is 21.3 Å². The zero-order chi connectivity index (χ0) is 13.8. The molecule has 2 aromatic rings. The average Bonchev–Trinajstić information content (AvgIpc) is 2.41. The molecule has 0 aromatic heterocycles. The number of ether oxygens (including phenoxy) is 1. The van der Waals surface area contributed by atoms with Gasteiger partial charge in [-0.1, -0.05) is 53.5 Å². The molecule has 0 spiro atoms. The number of hydrogen-bond donors (Lipinski definition) is 2. The van der Waals surface area contributed by atoms with E-state index < -0.39 is 7.12 Å². The second kappa shape index (κ2) is 6.30. The van der Waals surface area contributed by atoms with Crippen molar-refractivity contribution in [1.82, 2.24) is 0 Å². The van der Waals surface area contributed by atoms with Gasteiger partial charge in [0, 0.05) is 0 Å². The van der Waals surface area contributed by atoms with Gasteiger partial charge in [-0.05, 0) is 23.2 Å². The van der Waals surface area contributed by atoms with Gasteiger partial charge in [0.05, 0.1) is 5.02 Å². The average molecular weight is 297 g/mol. The van der Waals surface area contributed by atoms with Crippen molar-refractivity contribution in [2.45, 2.75) is 6.61 Å². The molecule has 19 heavy (non-hydrogen) atoms. The van der Waals surface area contributed by atoms with Crippen molar-refractivity contribution < 1.29 is 14.8 Å². The van der Waals surface area contributed by atoms with Gasteiger partial charge < -0.3 is 14.8 Å². The van der Waals surface area contributed by atoms with E-state index in [1.807, 2.05) is 6.07 Å². The number of benzene rings is 2. The first-order valence-electron chi connectivity index (χ1n) is 5.59. The number of halogens is 2. The molecule has 0 aliphatic heterocycles. The summed E-state index contributed by atoms with van der Waals surface area (Å²) < 4.78 is 5.56. The highest BCUT2D eigenvalue weighted by molar-refractivity contribution is 6.58. The fraction of sp³-hybridized carbons (Fsp3) is 0.0769. The Morgan fingerprint density at radius 2 is 1.79 bits per heavy atom. The summed E-state index contributed by atoms with van der Waals surface area (Å²) in [6.07, 6.45) is 0. The van der Waals surface area contributed by atoms with Crippen molar-refractivity contribution in [3.05, 3.63) is 58.1 Å². The van der Waals surface area contributed by atoms with E-state index >= 15 is 0 Å². The van der Waals surface area contributed by atoms with Gasteiger partial charge in [-0.15, -0.1) is 0 Å². The van der Waals surface area contributed by atoms with Crippen molar-refractivity contribution in [1.29, 1.82) is 0 Å². The van der Waals surface area contributed by atoms with Crippen LogP contribution < -0.4 is 10.2 Å². The smallest absolute Gasteiger partial charge is 0.487 e. The minimum Gasteiger partial charge on any atom is -0.487 e. The predicted octanol–water partition coefficient (Wildman–Crippen LogP) is 2.25.